The molecule has 3 heteroatoms. The van der Waals surface area contributed by atoms with Crippen molar-refractivity contribution < 1.29 is 4.79 Å². The lowest BCUT2D eigenvalue weighted by molar-refractivity contribution is -0.134. The van der Waals surface area contributed by atoms with Crippen LogP contribution in [0.1, 0.15) is 38.3 Å². The minimum Gasteiger partial charge on any atom is -0.337 e. The highest BCUT2D eigenvalue weighted by molar-refractivity contribution is 5.81. The Balaban J connectivity index is 2.77. The Bertz CT molecular complexity index is 398. The van der Waals surface area contributed by atoms with Gasteiger partial charge in [-0.2, -0.15) is 0 Å². The number of hydrogen-bond donors (Lipinski definition) is 1. The predicted octanol–water partition coefficient (Wildman–Crippen LogP) is 2.72. The van der Waals surface area contributed by atoms with E-state index in [1.807, 2.05) is 18.7 Å². The summed E-state index contributed by atoms with van der Waals surface area (Å²) in [6, 6.07) is 7.90. The van der Waals surface area contributed by atoms with Crippen molar-refractivity contribution in [3.05, 3.63) is 35.4 Å². The lowest BCUT2D eigenvalue weighted by Gasteiger charge is -2.27. The minimum absolute atomic E-state index is 0.0532. The number of benzene rings is 1. The number of nitrogens with zero attached hydrogens (tertiary/aromatic N) is 1. The molecule has 1 aromatic carbocycles. The molecule has 1 amide bonds. The van der Waals surface area contributed by atoms with E-state index < -0.39 is 6.04 Å². The first-order valence-corrected chi connectivity index (χ1v) is 7.05. The summed E-state index contributed by atoms with van der Waals surface area (Å²) in [7, 11) is 0. The summed E-state index contributed by atoms with van der Waals surface area (Å²) in [6.45, 7) is 9.52. The first kappa shape index (κ1) is 15.7. The van der Waals surface area contributed by atoms with E-state index in [2.05, 4.69) is 38.1 Å². The second-order valence-electron chi connectivity index (χ2n) is 5.52. The summed E-state index contributed by atoms with van der Waals surface area (Å²) in [4.78, 5) is 14.2. The van der Waals surface area contributed by atoms with Gasteiger partial charge in [-0.25, -0.2) is 0 Å². The standard InChI is InChI=1S/C16H26N2O/c1-5-10-18(16(19)15(17)12(2)3)11-14-8-6-13(4)7-9-14/h6-9,12,15H,5,10-11,17H2,1-4H3. The van der Waals surface area contributed by atoms with Gasteiger partial charge in [-0.15, -0.1) is 0 Å². The maximum absolute atomic E-state index is 12.3. The summed E-state index contributed by atoms with van der Waals surface area (Å²) >= 11 is 0. The van der Waals surface area contributed by atoms with Crippen molar-refractivity contribution in [3.63, 3.8) is 0 Å². The van der Waals surface area contributed by atoms with E-state index in [-0.39, 0.29) is 11.8 Å². The van der Waals surface area contributed by atoms with Gasteiger partial charge in [-0.3, -0.25) is 4.79 Å². The fourth-order valence-electron chi connectivity index (χ4n) is 1.95. The van der Waals surface area contributed by atoms with Crippen molar-refractivity contribution in [2.75, 3.05) is 6.54 Å². The summed E-state index contributed by atoms with van der Waals surface area (Å²) < 4.78 is 0. The second kappa shape index (κ2) is 7.29. The fraction of sp³-hybridized carbons (Fsp3) is 0.562. The van der Waals surface area contributed by atoms with Crippen molar-refractivity contribution in [1.82, 2.24) is 4.90 Å². The van der Waals surface area contributed by atoms with Crippen LogP contribution in [-0.4, -0.2) is 23.4 Å². The van der Waals surface area contributed by atoms with E-state index in [1.54, 1.807) is 0 Å². The van der Waals surface area contributed by atoms with E-state index in [9.17, 15) is 4.79 Å². The monoisotopic (exact) mass is 262 g/mol. The van der Waals surface area contributed by atoms with E-state index >= 15 is 0 Å². The lowest BCUT2D eigenvalue weighted by Crippen LogP contribution is -2.46. The van der Waals surface area contributed by atoms with Crippen LogP contribution in [0.5, 0.6) is 0 Å². The zero-order chi connectivity index (χ0) is 14.4. The molecule has 0 saturated carbocycles. The highest BCUT2D eigenvalue weighted by Gasteiger charge is 2.23. The van der Waals surface area contributed by atoms with Crippen molar-refractivity contribution in [2.45, 2.75) is 46.7 Å². The fourth-order valence-corrected chi connectivity index (χ4v) is 1.95. The Morgan fingerprint density at radius 2 is 1.84 bits per heavy atom. The first-order chi connectivity index (χ1) is 8.95. The van der Waals surface area contributed by atoms with Gasteiger partial charge in [0.25, 0.3) is 0 Å². The van der Waals surface area contributed by atoms with Crippen molar-refractivity contribution in [1.29, 1.82) is 0 Å². The van der Waals surface area contributed by atoms with Crippen LogP contribution in [0.15, 0.2) is 24.3 Å². The molecule has 1 unspecified atom stereocenters. The average molecular weight is 262 g/mol. The summed E-state index contributed by atoms with van der Waals surface area (Å²) in [5, 5.41) is 0. The van der Waals surface area contributed by atoms with Crippen LogP contribution < -0.4 is 5.73 Å². The largest absolute Gasteiger partial charge is 0.337 e. The molecule has 0 radical (unpaired) electrons. The highest BCUT2D eigenvalue weighted by Crippen LogP contribution is 2.11. The van der Waals surface area contributed by atoms with Gasteiger partial charge in [0.05, 0.1) is 6.04 Å². The molecular weight excluding hydrogens is 236 g/mol. The lowest BCUT2D eigenvalue weighted by atomic mass is 10.0. The molecule has 0 saturated heterocycles. The number of carbonyl (C=O) groups excluding carboxylic acids is 1. The number of hydrogen-bond acceptors (Lipinski definition) is 2. The van der Waals surface area contributed by atoms with Crippen molar-refractivity contribution >= 4 is 5.91 Å². The smallest absolute Gasteiger partial charge is 0.240 e. The topological polar surface area (TPSA) is 46.3 Å². The third-order valence-electron chi connectivity index (χ3n) is 3.30. The molecule has 1 rings (SSSR count). The Morgan fingerprint density at radius 3 is 2.32 bits per heavy atom. The minimum atomic E-state index is -0.406. The zero-order valence-corrected chi connectivity index (χ0v) is 12.5. The van der Waals surface area contributed by atoms with Crippen LogP contribution in [0.2, 0.25) is 0 Å². The number of nitrogens with two attached hydrogens (primary N) is 1. The average Bonchev–Trinajstić information content (AvgIpc) is 2.39. The van der Waals surface area contributed by atoms with Crippen LogP contribution in [0.25, 0.3) is 0 Å². The van der Waals surface area contributed by atoms with Gasteiger partial charge < -0.3 is 10.6 Å². The quantitative estimate of drug-likeness (QED) is 0.857. The van der Waals surface area contributed by atoms with Gasteiger partial charge in [0, 0.05) is 13.1 Å². The highest BCUT2D eigenvalue weighted by atomic mass is 16.2. The molecule has 1 aromatic rings. The zero-order valence-electron chi connectivity index (χ0n) is 12.5. The Hall–Kier alpha value is -1.35. The molecule has 19 heavy (non-hydrogen) atoms. The molecule has 0 fully saturated rings. The van der Waals surface area contributed by atoms with Gasteiger partial charge in [-0.05, 0) is 24.8 Å². The Kier molecular flexibility index (Phi) is 6.03. The van der Waals surface area contributed by atoms with Crippen LogP contribution in [0.4, 0.5) is 0 Å². The summed E-state index contributed by atoms with van der Waals surface area (Å²) in [5.74, 6) is 0.224. The van der Waals surface area contributed by atoms with E-state index in [4.69, 9.17) is 5.73 Å². The third-order valence-corrected chi connectivity index (χ3v) is 3.30. The Morgan fingerprint density at radius 1 is 1.26 bits per heavy atom. The molecular formula is C16H26N2O. The molecule has 106 valence electrons. The molecule has 0 aliphatic rings. The number of rotatable bonds is 6. The summed E-state index contributed by atoms with van der Waals surface area (Å²) in [6.07, 6.45) is 0.947. The number of aryl methyl sites for hydroxylation is 1. The maximum atomic E-state index is 12.3. The normalized spacial score (nSPS) is 12.5. The van der Waals surface area contributed by atoms with Gasteiger partial charge in [0.15, 0.2) is 0 Å². The molecule has 0 bridgehead atoms. The molecule has 0 heterocycles. The molecule has 1 atom stereocenters. The second-order valence-corrected chi connectivity index (χ2v) is 5.52. The molecule has 3 nitrogen and oxygen atoms in total. The van der Waals surface area contributed by atoms with Gasteiger partial charge in [0.1, 0.15) is 0 Å². The van der Waals surface area contributed by atoms with E-state index in [0.717, 1.165) is 18.5 Å². The number of carbonyl (C=O) groups is 1. The van der Waals surface area contributed by atoms with Crippen LogP contribution in [0, 0.1) is 12.8 Å². The predicted molar refractivity (Wildman–Crippen MR) is 79.7 cm³/mol. The SMILES string of the molecule is CCCN(Cc1ccc(C)cc1)C(=O)C(N)C(C)C. The Labute approximate surface area is 116 Å². The number of amides is 1. The first-order valence-electron chi connectivity index (χ1n) is 7.05. The van der Waals surface area contributed by atoms with Crippen LogP contribution in [0.3, 0.4) is 0 Å². The summed E-state index contributed by atoms with van der Waals surface area (Å²) in [5.41, 5.74) is 8.37. The van der Waals surface area contributed by atoms with E-state index in [1.165, 1.54) is 5.56 Å². The van der Waals surface area contributed by atoms with Gasteiger partial charge in [-0.1, -0.05) is 50.6 Å². The van der Waals surface area contributed by atoms with Gasteiger partial charge >= 0.3 is 0 Å². The molecule has 0 spiro atoms. The van der Waals surface area contributed by atoms with Crippen LogP contribution in [-0.2, 0) is 11.3 Å². The van der Waals surface area contributed by atoms with Gasteiger partial charge in [0.2, 0.25) is 5.91 Å². The molecule has 2 N–H and O–H groups in total. The molecule has 0 aliphatic heterocycles. The third kappa shape index (κ3) is 4.67. The van der Waals surface area contributed by atoms with Crippen molar-refractivity contribution in [2.24, 2.45) is 11.7 Å². The molecule has 0 aromatic heterocycles. The van der Waals surface area contributed by atoms with E-state index in [0.29, 0.717) is 6.54 Å². The van der Waals surface area contributed by atoms with Crippen LogP contribution >= 0.6 is 0 Å². The molecule has 0 aliphatic carbocycles. The maximum Gasteiger partial charge on any atom is 0.240 e. The van der Waals surface area contributed by atoms with Crippen molar-refractivity contribution in [3.8, 4) is 0 Å².